The Hall–Kier alpha value is -2.39. The lowest BCUT2D eigenvalue weighted by Crippen LogP contribution is -2.12. The molecule has 3 nitrogen and oxygen atoms in total. The predicted molar refractivity (Wildman–Crippen MR) is 93.1 cm³/mol. The summed E-state index contributed by atoms with van der Waals surface area (Å²) < 4.78 is 0. The maximum absolute atomic E-state index is 12.3. The summed E-state index contributed by atoms with van der Waals surface area (Å²) in [6.07, 6.45) is 5.46. The molecule has 1 atom stereocenters. The molecule has 2 aromatic carbocycles. The van der Waals surface area contributed by atoms with E-state index < -0.39 is 0 Å². The van der Waals surface area contributed by atoms with Crippen molar-refractivity contribution in [3.05, 3.63) is 70.3 Å². The molecular weight excluding hydrogens is 284 g/mol. The molecule has 2 aliphatic carbocycles. The predicted octanol–water partition coefficient (Wildman–Crippen LogP) is 3.60. The summed E-state index contributed by atoms with van der Waals surface area (Å²) in [7, 11) is 0. The lowest BCUT2D eigenvalue weighted by Gasteiger charge is -2.09. The van der Waals surface area contributed by atoms with Crippen LogP contribution in [0.2, 0.25) is 0 Å². The summed E-state index contributed by atoms with van der Waals surface area (Å²) in [4.78, 5) is 12.3. The number of carbonyl (C=O) groups is 1. The van der Waals surface area contributed by atoms with Gasteiger partial charge in [0.1, 0.15) is 0 Å². The zero-order chi connectivity index (χ0) is 15.8. The summed E-state index contributed by atoms with van der Waals surface area (Å²) in [5, 5.41) is 3.02. The Morgan fingerprint density at radius 2 is 2.04 bits per heavy atom. The number of nitrogens with one attached hydrogen (secondary N) is 1. The van der Waals surface area contributed by atoms with E-state index in [2.05, 4.69) is 29.6 Å². The van der Waals surface area contributed by atoms with E-state index in [-0.39, 0.29) is 11.9 Å². The number of anilines is 1. The zero-order valence-corrected chi connectivity index (χ0v) is 13.0. The van der Waals surface area contributed by atoms with E-state index in [9.17, 15) is 4.79 Å². The Bertz CT molecular complexity index is 807. The topological polar surface area (TPSA) is 55.1 Å². The second kappa shape index (κ2) is 5.67. The average Bonchev–Trinajstić information content (AvgIpc) is 3.10. The molecule has 2 aliphatic rings. The molecule has 0 saturated carbocycles. The fourth-order valence-corrected chi connectivity index (χ4v) is 3.60. The second-order valence-corrected chi connectivity index (χ2v) is 6.46. The number of nitrogens with two attached hydrogens (primary N) is 1. The third kappa shape index (κ3) is 2.80. The van der Waals surface area contributed by atoms with Crippen LogP contribution in [0.25, 0.3) is 6.08 Å². The van der Waals surface area contributed by atoms with Crippen molar-refractivity contribution in [2.45, 2.75) is 31.7 Å². The number of amides is 1. The first-order chi connectivity index (χ1) is 11.2. The third-order valence-electron chi connectivity index (χ3n) is 4.77. The number of hydrogen-bond donors (Lipinski definition) is 2. The van der Waals surface area contributed by atoms with E-state index in [0.717, 1.165) is 24.9 Å². The number of hydrogen-bond acceptors (Lipinski definition) is 2. The number of fused-ring (bicyclic) bond motifs is 2. The maximum atomic E-state index is 12.3. The lowest BCUT2D eigenvalue weighted by molar-refractivity contribution is -0.115. The highest BCUT2D eigenvalue weighted by atomic mass is 16.1. The van der Waals surface area contributed by atoms with Gasteiger partial charge in [-0.25, -0.2) is 0 Å². The molecule has 0 radical (unpaired) electrons. The SMILES string of the molecule is N[C@H]1CCc2cc(NC(=O)CC3=Cc4ccccc4C3)ccc21. The normalized spacial score (nSPS) is 18.3. The molecule has 1 amide bonds. The molecule has 4 rings (SSSR count). The molecule has 3 heteroatoms. The number of carbonyl (C=O) groups excluding carboxylic acids is 1. The fourth-order valence-electron chi connectivity index (χ4n) is 3.60. The van der Waals surface area contributed by atoms with Crippen molar-refractivity contribution >= 4 is 17.7 Å². The molecule has 0 saturated heterocycles. The van der Waals surface area contributed by atoms with Gasteiger partial charge in [0, 0.05) is 18.2 Å². The Labute approximate surface area is 136 Å². The van der Waals surface area contributed by atoms with Gasteiger partial charge in [0.05, 0.1) is 0 Å². The lowest BCUT2D eigenvalue weighted by atomic mass is 10.1. The molecule has 0 fully saturated rings. The first-order valence-corrected chi connectivity index (χ1v) is 8.14. The van der Waals surface area contributed by atoms with Gasteiger partial charge in [-0.15, -0.1) is 0 Å². The minimum Gasteiger partial charge on any atom is -0.326 e. The first kappa shape index (κ1) is 14.2. The maximum Gasteiger partial charge on any atom is 0.228 e. The van der Waals surface area contributed by atoms with Crippen LogP contribution in [0.15, 0.2) is 48.0 Å². The van der Waals surface area contributed by atoms with Crippen LogP contribution in [-0.2, 0) is 17.6 Å². The number of rotatable bonds is 3. The Balaban J connectivity index is 1.42. The summed E-state index contributed by atoms with van der Waals surface area (Å²) in [5.74, 6) is 0.0475. The molecular formula is C20H20N2O. The number of aryl methyl sites for hydroxylation is 1. The van der Waals surface area contributed by atoms with Gasteiger partial charge < -0.3 is 11.1 Å². The average molecular weight is 304 g/mol. The molecule has 3 N–H and O–H groups in total. The molecule has 0 spiro atoms. The minimum atomic E-state index is 0.0475. The van der Waals surface area contributed by atoms with E-state index in [1.165, 1.54) is 27.8 Å². The summed E-state index contributed by atoms with van der Waals surface area (Å²) in [6.45, 7) is 0. The van der Waals surface area contributed by atoms with Crippen LogP contribution in [0.3, 0.4) is 0 Å². The minimum absolute atomic E-state index is 0.0475. The molecule has 0 heterocycles. The van der Waals surface area contributed by atoms with Crippen molar-refractivity contribution in [3.63, 3.8) is 0 Å². The van der Waals surface area contributed by atoms with E-state index in [4.69, 9.17) is 5.73 Å². The highest BCUT2D eigenvalue weighted by Gasteiger charge is 2.19. The Morgan fingerprint density at radius 1 is 1.17 bits per heavy atom. The van der Waals surface area contributed by atoms with Gasteiger partial charge in [0.25, 0.3) is 0 Å². The van der Waals surface area contributed by atoms with E-state index in [0.29, 0.717) is 6.42 Å². The van der Waals surface area contributed by atoms with Crippen molar-refractivity contribution in [1.29, 1.82) is 0 Å². The smallest absolute Gasteiger partial charge is 0.228 e. The van der Waals surface area contributed by atoms with E-state index in [1.54, 1.807) is 0 Å². The van der Waals surface area contributed by atoms with Crippen LogP contribution in [0.4, 0.5) is 5.69 Å². The van der Waals surface area contributed by atoms with Gasteiger partial charge in [0.15, 0.2) is 0 Å². The number of benzene rings is 2. The van der Waals surface area contributed by atoms with Crippen LogP contribution in [0, 0.1) is 0 Å². The van der Waals surface area contributed by atoms with E-state index in [1.807, 2.05) is 24.3 Å². The van der Waals surface area contributed by atoms with Crippen LogP contribution >= 0.6 is 0 Å². The summed E-state index contributed by atoms with van der Waals surface area (Å²) >= 11 is 0. The van der Waals surface area contributed by atoms with Gasteiger partial charge in [-0.2, -0.15) is 0 Å². The standard InChI is InChI=1S/C20H20N2O/c21-19-8-5-16-12-17(6-7-18(16)19)22-20(23)11-13-9-14-3-1-2-4-15(14)10-13/h1-4,6-7,9,12,19H,5,8,10-11,21H2,(H,22,23)/t19-/m0/s1. The van der Waals surface area contributed by atoms with E-state index >= 15 is 0 Å². The van der Waals surface area contributed by atoms with Crippen LogP contribution in [0.5, 0.6) is 0 Å². The second-order valence-electron chi connectivity index (χ2n) is 6.46. The zero-order valence-electron chi connectivity index (χ0n) is 13.0. The van der Waals surface area contributed by atoms with Crippen LogP contribution < -0.4 is 11.1 Å². The van der Waals surface area contributed by atoms with Gasteiger partial charge in [-0.05, 0) is 53.6 Å². The van der Waals surface area contributed by atoms with Crippen molar-refractivity contribution in [3.8, 4) is 0 Å². The molecule has 0 bridgehead atoms. The molecule has 0 aliphatic heterocycles. The summed E-state index contributed by atoms with van der Waals surface area (Å²) in [6, 6.07) is 14.5. The molecule has 0 aromatic heterocycles. The highest BCUT2D eigenvalue weighted by molar-refractivity contribution is 5.93. The monoisotopic (exact) mass is 304 g/mol. The largest absolute Gasteiger partial charge is 0.326 e. The van der Waals surface area contributed by atoms with Crippen molar-refractivity contribution in [2.24, 2.45) is 5.73 Å². The van der Waals surface area contributed by atoms with Gasteiger partial charge >= 0.3 is 0 Å². The van der Waals surface area contributed by atoms with Gasteiger partial charge in [-0.1, -0.05) is 42.0 Å². The highest BCUT2D eigenvalue weighted by Crippen LogP contribution is 2.31. The van der Waals surface area contributed by atoms with Crippen molar-refractivity contribution in [1.82, 2.24) is 0 Å². The van der Waals surface area contributed by atoms with Gasteiger partial charge in [-0.3, -0.25) is 4.79 Å². The summed E-state index contributed by atoms with van der Waals surface area (Å²) in [5.41, 5.74) is 13.1. The quantitative estimate of drug-likeness (QED) is 0.910. The molecule has 2 aromatic rings. The first-order valence-electron chi connectivity index (χ1n) is 8.14. The Kier molecular flexibility index (Phi) is 3.50. The van der Waals surface area contributed by atoms with Crippen molar-refractivity contribution in [2.75, 3.05) is 5.32 Å². The van der Waals surface area contributed by atoms with Crippen molar-refractivity contribution < 1.29 is 4.79 Å². The fraction of sp³-hybridized carbons (Fsp3) is 0.250. The van der Waals surface area contributed by atoms with Crippen LogP contribution in [0.1, 0.15) is 41.1 Å². The molecule has 0 unspecified atom stereocenters. The van der Waals surface area contributed by atoms with Gasteiger partial charge in [0.2, 0.25) is 5.91 Å². The molecule has 23 heavy (non-hydrogen) atoms. The molecule has 116 valence electrons. The van der Waals surface area contributed by atoms with Crippen LogP contribution in [-0.4, -0.2) is 5.91 Å². The Morgan fingerprint density at radius 3 is 2.91 bits per heavy atom. The third-order valence-corrected chi connectivity index (χ3v) is 4.77.